The van der Waals surface area contributed by atoms with Crippen molar-refractivity contribution in [3.63, 3.8) is 0 Å². The smallest absolute Gasteiger partial charge is 0.322 e. The Kier molecular flexibility index (Phi) is 5.11. The topological polar surface area (TPSA) is 36.8 Å². The van der Waals surface area contributed by atoms with E-state index in [4.69, 9.17) is 0 Å². The number of urea groups is 1. The minimum Gasteiger partial charge on any atom is -0.328 e. The number of quaternary nitrogens is 1. The fourth-order valence-electron chi connectivity index (χ4n) is 3.05. The summed E-state index contributed by atoms with van der Waals surface area (Å²) in [7, 11) is 0. The number of anilines is 1. The van der Waals surface area contributed by atoms with Gasteiger partial charge in [-0.25, -0.2) is 9.18 Å². The summed E-state index contributed by atoms with van der Waals surface area (Å²) in [4.78, 5) is 15.6. The summed E-state index contributed by atoms with van der Waals surface area (Å²) >= 11 is 0. The van der Waals surface area contributed by atoms with Gasteiger partial charge in [0.25, 0.3) is 0 Å². The second kappa shape index (κ2) is 7.45. The number of carbonyl (C=O) groups excluding carboxylic acids is 1. The quantitative estimate of drug-likeness (QED) is 0.889. The number of rotatable bonds is 3. The second-order valence-electron chi connectivity index (χ2n) is 6.29. The van der Waals surface area contributed by atoms with Crippen molar-refractivity contribution < 1.29 is 14.1 Å². The third-order valence-corrected chi connectivity index (χ3v) is 4.49. The molecule has 3 rings (SSSR count). The van der Waals surface area contributed by atoms with Gasteiger partial charge in [-0.05, 0) is 30.7 Å². The third kappa shape index (κ3) is 4.11. The van der Waals surface area contributed by atoms with Crippen molar-refractivity contribution in [2.24, 2.45) is 0 Å². The van der Waals surface area contributed by atoms with Gasteiger partial charge in [0.15, 0.2) is 0 Å². The molecule has 2 aromatic carbocycles. The van der Waals surface area contributed by atoms with Gasteiger partial charge in [-0.3, -0.25) is 0 Å². The summed E-state index contributed by atoms with van der Waals surface area (Å²) in [6.45, 7) is 5.95. The Bertz CT molecular complexity index is 711. The van der Waals surface area contributed by atoms with Crippen LogP contribution in [0.3, 0.4) is 0 Å². The monoisotopic (exact) mass is 328 g/mol. The molecule has 0 aliphatic carbocycles. The summed E-state index contributed by atoms with van der Waals surface area (Å²) < 4.78 is 13.3. The molecule has 2 N–H and O–H groups in total. The van der Waals surface area contributed by atoms with Crippen LogP contribution in [-0.4, -0.2) is 37.1 Å². The van der Waals surface area contributed by atoms with Crippen molar-refractivity contribution in [3.8, 4) is 0 Å². The number of hydrogen-bond donors (Lipinski definition) is 2. The highest BCUT2D eigenvalue weighted by atomic mass is 19.1. The standard InChI is InChI=1S/C19H22FN3O/c1-15-5-2-3-8-18(15)21-19(24)23-11-9-22(10-12-23)14-16-6-4-7-17(20)13-16/h2-8,13H,9-12,14H2,1H3,(H,21,24)/p+1. The van der Waals surface area contributed by atoms with Crippen LogP contribution in [0.1, 0.15) is 11.1 Å². The van der Waals surface area contributed by atoms with Crippen LogP contribution in [0.2, 0.25) is 0 Å². The predicted octanol–water partition coefficient (Wildman–Crippen LogP) is 2.07. The molecule has 1 fully saturated rings. The van der Waals surface area contributed by atoms with E-state index in [1.54, 1.807) is 12.1 Å². The van der Waals surface area contributed by atoms with Gasteiger partial charge in [0, 0.05) is 11.3 Å². The van der Waals surface area contributed by atoms with Crippen molar-refractivity contribution in [2.45, 2.75) is 13.5 Å². The van der Waals surface area contributed by atoms with Crippen LogP contribution in [-0.2, 0) is 6.54 Å². The summed E-state index contributed by atoms with van der Waals surface area (Å²) in [6.07, 6.45) is 0. The van der Waals surface area contributed by atoms with Crippen molar-refractivity contribution >= 4 is 11.7 Å². The lowest BCUT2D eigenvalue weighted by molar-refractivity contribution is -0.917. The van der Waals surface area contributed by atoms with Crippen molar-refractivity contribution in [1.29, 1.82) is 0 Å². The molecule has 0 radical (unpaired) electrons. The Hall–Kier alpha value is -2.40. The molecule has 0 saturated carbocycles. The van der Waals surface area contributed by atoms with Crippen molar-refractivity contribution in [3.05, 3.63) is 65.5 Å². The molecular weight excluding hydrogens is 305 g/mol. The number of carbonyl (C=O) groups is 1. The highest BCUT2D eigenvalue weighted by molar-refractivity contribution is 5.90. The Morgan fingerprint density at radius 1 is 1.17 bits per heavy atom. The number of aryl methyl sites for hydroxylation is 1. The molecule has 1 saturated heterocycles. The zero-order valence-electron chi connectivity index (χ0n) is 13.9. The van der Waals surface area contributed by atoms with Crippen LogP contribution in [0.4, 0.5) is 14.9 Å². The Balaban J connectivity index is 1.51. The van der Waals surface area contributed by atoms with Crippen LogP contribution in [0.5, 0.6) is 0 Å². The number of benzene rings is 2. The first-order valence-corrected chi connectivity index (χ1v) is 8.31. The lowest BCUT2D eigenvalue weighted by Crippen LogP contribution is -3.13. The maximum absolute atomic E-state index is 13.3. The molecule has 4 nitrogen and oxygen atoms in total. The molecule has 126 valence electrons. The molecule has 1 heterocycles. The van der Waals surface area contributed by atoms with E-state index in [0.717, 1.165) is 36.4 Å². The number of nitrogens with one attached hydrogen (secondary N) is 2. The maximum atomic E-state index is 13.3. The lowest BCUT2D eigenvalue weighted by Gasteiger charge is -2.32. The maximum Gasteiger partial charge on any atom is 0.322 e. The minimum absolute atomic E-state index is 0.0471. The van der Waals surface area contributed by atoms with E-state index < -0.39 is 0 Å². The molecule has 0 atom stereocenters. The van der Waals surface area contributed by atoms with E-state index in [9.17, 15) is 9.18 Å². The molecule has 0 spiro atoms. The van der Waals surface area contributed by atoms with Gasteiger partial charge in [-0.2, -0.15) is 0 Å². The van der Waals surface area contributed by atoms with Crippen LogP contribution in [0.25, 0.3) is 0 Å². The Morgan fingerprint density at radius 3 is 2.62 bits per heavy atom. The molecule has 0 unspecified atom stereocenters. The number of amides is 2. The number of nitrogens with zero attached hydrogens (tertiary/aromatic N) is 1. The van der Waals surface area contributed by atoms with E-state index >= 15 is 0 Å². The van der Waals surface area contributed by atoms with Gasteiger partial charge in [0.05, 0.1) is 26.2 Å². The van der Waals surface area contributed by atoms with Gasteiger partial charge < -0.3 is 15.1 Å². The molecular formula is C19H23FN3O+. The summed E-state index contributed by atoms with van der Waals surface area (Å²) in [5.74, 6) is -0.192. The zero-order chi connectivity index (χ0) is 16.9. The molecule has 2 amide bonds. The number of piperazine rings is 1. The van der Waals surface area contributed by atoms with Crippen LogP contribution in [0.15, 0.2) is 48.5 Å². The Morgan fingerprint density at radius 2 is 1.92 bits per heavy atom. The summed E-state index contributed by atoms with van der Waals surface area (Å²) in [6, 6.07) is 14.5. The predicted molar refractivity (Wildman–Crippen MR) is 92.6 cm³/mol. The molecule has 0 aromatic heterocycles. The number of para-hydroxylation sites is 1. The largest absolute Gasteiger partial charge is 0.328 e. The third-order valence-electron chi connectivity index (χ3n) is 4.49. The molecule has 24 heavy (non-hydrogen) atoms. The fourth-order valence-corrected chi connectivity index (χ4v) is 3.05. The van der Waals surface area contributed by atoms with Crippen LogP contribution < -0.4 is 10.2 Å². The molecule has 1 aliphatic rings. The van der Waals surface area contributed by atoms with E-state index in [0.29, 0.717) is 13.1 Å². The molecule has 0 bridgehead atoms. The van der Waals surface area contributed by atoms with E-state index in [1.807, 2.05) is 42.2 Å². The van der Waals surface area contributed by atoms with Crippen molar-refractivity contribution in [2.75, 3.05) is 31.5 Å². The summed E-state index contributed by atoms with van der Waals surface area (Å²) in [5, 5.41) is 2.98. The van der Waals surface area contributed by atoms with E-state index in [1.165, 1.54) is 11.0 Å². The highest BCUT2D eigenvalue weighted by Gasteiger charge is 2.24. The highest BCUT2D eigenvalue weighted by Crippen LogP contribution is 2.13. The van der Waals surface area contributed by atoms with Gasteiger partial charge in [0.2, 0.25) is 0 Å². The molecule has 2 aromatic rings. The van der Waals surface area contributed by atoms with E-state index in [2.05, 4.69) is 5.32 Å². The van der Waals surface area contributed by atoms with Crippen LogP contribution in [0, 0.1) is 12.7 Å². The normalized spacial score (nSPS) is 15.3. The Labute approximate surface area is 141 Å². The van der Waals surface area contributed by atoms with E-state index in [-0.39, 0.29) is 11.8 Å². The number of hydrogen-bond acceptors (Lipinski definition) is 1. The molecule has 5 heteroatoms. The second-order valence-corrected chi connectivity index (χ2v) is 6.29. The zero-order valence-corrected chi connectivity index (χ0v) is 13.9. The van der Waals surface area contributed by atoms with Gasteiger partial charge in [-0.1, -0.05) is 30.3 Å². The average Bonchev–Trinajstić information content (AvgIpc) is 2.57. The number of halogens is 1. The van der Waals surface area contributed by atoms with Gasteiger partial charge in [-0.15, -0.1) is 0 Å². The minimum atomic E-state index is -0.192. The fraction of sp³-hybridized carbons (Fsp3) is 0.316. The molecule has 1 aliphatic heterocycles. The van der Waals surface area contributed by atoms with Crippen LogP contribution >= 0.6 is 0 Å². The summed E-state index contributed by atoms with van der Waals surface area (Å²) in [5.41, 5.74) is 2.92. The lowest BCUT2D eigenvalue weighted by atomic mass is 10.2. The van der Waals surface area contributed by atoms with Gasteiger partial charge in [0.1, 0.15) is 12.4 Å². The average molecular weight is 328 g/mol. The first-order valence-electron chi connectivity index (χ1n) is 8.31. The van der Waals surface area contributed by atoms with Gasteiger partial charge >= 0.3 is 6.03 Å². The first kappa shape index (κ1) is 16.5. The SMILES string of the molecule is Cc1ccccc1NC(=O)N1CC[NH+](Cc2cccc(F)c2)CC1. The first-order chi connectivity index (χ1) is 11.6. The van der Waals surface area contributed by atoms with Crippen molar-refractivity contribution in [1.82, 2.24) is 4.90 Å².